The molecule has 0 aliphatic heterocycles. The number of carbonyl (C=O) groups excluding carboxylic acids is 1. The van der Waals surface area contributed by atoms with Crippen LogP contribution in [-0.4, -0.2) is 44.0 Å². The number of amides is 1. The first-order valence-corrected chi connectivity index (χ1v) is 6.71. The van der Waals surface area contributed by atoms with Crippen molar-refractivity contribution in [2.75, 3.05) is 26.9 Å². The lowest BCUT2D eigenvalue weighted by molar-refractivity contribution is -0.124. The lowest BCUT2D eigenvalue weighted by Crippen LogP contribution is -2.42. The zero-order valence-corrected chi connectivity index (χ0v) is 12.7. The van der Waals surface area contributed by atoms with E-state index in [2.05, 4.69) is 21.2 Å². The largest absolute Gasteiger partial charge is 0.482 e. The van der Waals surface area contributed by atoms with E-state index in [1.807, 2.05) is 0 Å². The average molecular weight is 353 g/mol. The molecule has 106 valence electrons. The van der Waals surface area contributed by atoms with Crippen LogP contribution in [0, 0.1) is 0 Å². The summed E-state index contributed by atoms with van der Waals surface area (Å²) in [6.45, 7) is -0.137. The van der Waals surface area contributed by atoms with E-state index in [0.29, 0.717) is 10.8 Å². The van der Waals surface area contributed by atoms with Gasteiger partial charge in [0.25, 0.3) is 5.91 Å². The fourth-order valence-electron chi connectivity index (χ4n) is 1.35. The van der Waals surface area contributed by atoms with Crippen LogP contribution in [0.3, 0.4) is 0 Å². The van der Waals surface area contributed by atoms with Crippen molar-refractivity contribution in [2.24, 2.45) is 0 Å². The predicted molar refractivity (Wildman–Crippen MR) is 75.5 cm³/mol. The van der Waals surface area contributed by atoms with Crippen LogP contribution >= 0.6 is 27.5 Å². The number of rotatable bonds is 7. The van der Waals surface area contributed by atoms with Gasteiger partial charge in [0, 0.05) is 11.6 Å². The number of benzene rings is 1. The van der Waals surface area contributed by atoms with E-state index in [1.165, 1.54) is 7.11 Å². The molecule has 0 fully saturated rings. The molecule has 0 heterocycles. The minimum Gasteiger partial charge on any atom is -0.482 e. The molecule has 5 nitrogen and oxygen atoms in total. The molecule has 0 radical (unpaired) electrons. The Morgan fingerprint density at radius 1 is 1.58 bits per heavy atom. The maximum atomic E-state index is 11.6. The van der Waals surface area contributed by atoms with Crippen molar-refractivity contribution in [2.45, 2.75) is 6.04 Å². The second kappa shape index (κ2) is 8.37. The molecule has 0 aliphatic rings. The van der Waals surface area contributed by atoms with E-state index in [0.717, 1.165) is 4.47 Å². The molecule has 0 aliphatic carbocycles. The van der Waals surface area contributed by atoms with Crippen LogP contribution in [0.5, 0.6) is 5.75 Å². The van der Waals surface area contributed by atoms with E-state index < -0.39 is 6.04 Å². The summed E-state index contributed by atoms with van der Waals surface area (Å²) in [6, 6.07) is 4.66. The number of hydrogen-bond acceptors (Lipinski definition) is 4. The number of aliphatic hydroxyl groups is 1. The number of methoxy groups -OCH3 is 1. The minimum atomic E-state index is -0.443. The van der Waals surface area contributed by atoms with Gasteiger partial charge in [-0.25, -0.2) is 0 Å². The van der Waals surface area contributed by atoms with Gasteiger partial charge in [-0.3, -0.25) is 4.79 Å². The Morgan fingerprint density at radius 2 is 2.32 bits per heavy atom. The Balaban J connectivity index is 2.45. The molecular weight excluding hydrogens is 337 g/mol. The highest BCUT2D eigenvalue weighted by Crippen LogP contribution is 2.27. The normalized spacial score (nSPS) is 12.0. The summed E-state index contributed by atoms with van der Waals surface area (Å²) in [5, 5.41) is 12.0. The molecule has 1 aromatic rings. The lowest BCUT2D eigenvalue weighted by Gasteiger charge is -2.15. The Bertz CT molecular complexity index is 430. The highest BCUT2D eigenvalue weighted by Gasteiger charge is 2.12. The third-order valence-corrected chi connectivity index (χ3v) is 2.99. The highest BCUT2D eigenvalue weighted by molar-refractivity contribution is 9.10. The number of nitrogens with one attached hydrogen (secondary N) is 1. The van der Waals surface area contributed by atoms with Crippen LogP contribution in [-0.2, 0) is 9.53 Å². The minimum absolute atomic E-state index is 0.179. The van der Waals surface area contributed by atoms with Gasteiger partial charge in [-0.1, -0.05) is 27.5 Å². The van der Waals surface area contributed by atoms with Crippen LogP contribution in [0.1, 0.15) is 0 Å². The Hall–Kier alpha value is -0.820. The smallest absolute Gasteiger partial charge is 0.258 e. The Morgan fingerprint density at radius 3 is 2.89 bits per heavy atom. The summed E-state index contributed by atoms with van der Waals surface area (Å²) in [5.74, 6) is 0.0717. The van der Waals surface area contributed by atoms with Gasteiger partial charge in [0.15, 0.2) is 6.61 Å². The first-order valence-electron chi connectivity index (χ1n) is 5.53. The molecule has 1 unspecified atom stereocenters. The fourth-order valence-corrected chi connectivity index (χ4v) is 2.07. The monoisotopic (exact) mass is 351 g/mol. The summed E-state index contributed by atoms with van der Waals surface area (Å²) in [5.41, 5.74) is 0. The van der Waals surface area contributed by atoms with Crippen LogP contribution in [0.25, 0.3) is 0 Å². The van der Waals surface area contributed by atoms with Crippen molar-refractivity contribution in [3.63, 3.8) is 0 Å². The van der Waals surface area contributed by atoms with Crippen molar-refractivity contribution in [1.82, 2.24) is 5.32 Å². The maximum Gasteiger partial charge on any atom is 0.258 e. The molecule has 0 aromatic heterocycles. The van der Waals surface area contributed by atoms with Crippen molar-refractivity contribution in [3.05, 3.63) is 27.7 Å². The molecule has 1 aromatic carbocycles. The van der Waals surface area contributed by atoms with Crippen molar-refractivity contribution in [3.8, 4) is 5.75 Å². The highest BCUT2D eigenvalue weighted by atomic mass is 79.9. The molecule has 0 saturated carbocycles. The summed E-state index contributed by atoms with van der Waals surface area (Å²) in [7, 11) is 1.49. The topological polar surface area (TPSA) is 67.8 Å². The van der Waals surface area contributed by atoms with Gasteiger partial charge in [0.2, 0.25) is 0 Å². The third kappa shape index (κ3) is 5.78. The summed E-state index contributed by atoms with van der Waals surface area (Å²) in [4.78, 5) is 11.6. The van der Waals surface area contributed by atoms with Crippen LogP contribution < -0.4 is 10.1 Å². The number of carbonyl (C=O) groups is 1. The average Bonchev–Trinajstić information content (AvgIpc) is 2.37. The second-order valence-electron chi connectivity index (χ2n) is 3.77. The lowest BCUT2D eigenvalue weighted by atomic mass is 10.3. The number of aliphatic hydroxyl groups excluding tert-OH is 1. The third-order valence-electron chi connectivity index (χ3n) is 2.21. The first-order chi connectivity index (χ1) is 9.06. The van der Waals surface area contributed by atoms with E-state index in [1.54, 1.807) is 18.2 Å². The van der Waals surface area contributed by atoms with Gasteiger partial charge < -0.3 is 19.9 Å². The molecule has 1 rings (SSSR count). The molecule has 0 bridgehead atoms. The molecular formula is C12H15BrClNO4. The Kier molecular flexibility index (Phi) is 7.15. The van der Waals surface area contributed by atoms with Gasteiger partial charge >= 0.3 is 0 Å². The Labute approximate surface area is 125 Å². The molecule has 1 atom stereocenters. The zero-order valence-electron chi connectivity index (χ0n) is 10.4. The summed E-state index contributed by atoms with van der Waals surface area (Å²) >= 11 is 9.22. The molecule has 1 amide bonds. The van der Waals surface area contributed by atoms with E-state index in [4.69, 9.17) is 26.2 Å². The zero-order chi connectivity index (χ0) is 14.3. The first kappa shape index (κ1) is 16.2. The van der Waals surface area contributed by atoms with Gasteiger partial charge in [0.1, 0.15) is 5.75 Å². The van der Waals surface area contributed by atoms with Crippen LogP contribution in [0.4, 0.5) is 0 Å². The molecule has 7 heteroatoms. The van der Waals surface area contributed by atoms with E-state index >= 15 is 0 Å². The summed E-state index contributed by atoms with van der Waals surface area (Å²) < 4.78 is 11.0. The van der Waals surface area contributed by atoms with Gasteiger partial charge in [-0.2, -0.15) is 0 Å². The van der Waals surface area contributed by atoms with Gasteiger partial charge in [0.05, 0.1) is 24.3 Å². The summed E-state index contributed by atoms with van der Waals surface area (Å²) in [6.07, 6.45) is 0. The predicted octanol–water partition coefficient (Wildman–Crippen LogP) is 1.60. The van der Waals surface area contributed by atoms with Gasteiger partial charge in [-0.15, -0.1) is 0 Å². The standard InChI is InChI=1S/C12H15BrClNO4/c1-18-6-9(5-16)15-12(17)7-19-11-3-2-8(13)4-10(11)14/h2-4,9,16H,5-7H2,1H3,(H,15,17). The SMILES string of the molecule is COCC(CO)NC(=O)COc1ccc(Br)cc1Cl. The maximum absolute atomic E-state index is 11.6. The number of ether oxygens (including phenoxy) is 2. The van der Waals surface area contributed by atoms with Crippen molar-refractivity contribution >= 4 is 33.4 Å². The van der Waals surface area contributed by atoms with E-state index in [-0.39, 0.29) is 25.7 Å². The van der Waals surface area contributed by atoms with Crippen LogP contribution in [0.2, 0.25) is 5.02 Å². The quantitative estimate of drug-likeness (QED) is 0.782. The van der Waals surface area contributed by atoms with Gasteiger partial charge in [-0.05, 0) is 18.2 Å². The van der Waals surface area contributed by atoms with Crippen molar-refractivity contribution < 1.29 is 19.4 Å². The molecule has 0 spiro atoms. The molecule has 2 N–H and O–H groups in total. The molecule has 19 heavy (non-hydrogen) atoms. The number of hydrogen-bond donors (Lipinski definition) is 2. The second-order valence-corrected chi connectivity index (χ2v) is 5.09. The van der Waals surface area contributed by atoms with Crippen molar-refractivity contribution in [1.29, 1.82) is 0 Å². The van der Waals surface area contributed by atoms with Crippen LogP contribution in [0.15, 0.2) is 22.7 Å². The molecule has 0 saturated heterocycles. The van der Waals surface area contributed by atoms with E-state index in [9.17, 15) is 4.79 Å². The fraction of sp³-hybridized carbons (Fsp3) is 0.417. The number of halogens is 2.